The number of nitrogens with one attached hydrogen (secondary N) is 1. The van der Waals surface area contributed by atoms with E-state index in [1.807, 2.05) is 30.3 Å². The molecule has 5 aromatic rings. The maximum atomic E-state index is 13.5. The highest BCUT2D eigenvalue weighted by molar-refractivity contribution is 7.22. The minimum absolute atomic E-state index is 0.306. The SMILES string of the molecule is O=C(Nc1nc2ccc(F)cc2s1)c1cn(-c2ccccc2)nc1-c1ccc(F)cc1. The van der Waals surface area contributed by atoms with Crippen molar-refractivity contribution in [3.05, 3.63) is 96.2 Å². The van der Waals surface area contributed by atoms with Crippen molar-refractivity contribution < 1.29 is 13.6 Å². The molecule has 2 heterocycles. The lowest BCUT2D eigenvalue weighted by molar-refractivity contribution is 0.102. The zero-order valence-electron chi connectivity index (χ0n) is 15.9. The van der Waals surface area contributed by atoms with Crippen LogP contribution in [0, 0.1) is 11.6 Å². The minimum atomic E-state index is -0.416. The number of fused-ring (bicyclic) bond motifs is 1. The molecule has 0 aliphatic carbocycles. The third-order valence-corrected chi connectivity index (χ3v) is 5.60. The number of aromatic nitrogens is 3. The monoisotopic (exact) mass is 432 g/mol. The van der Waals surface area contributed by atoms with E-state index in [2.05, 4.69) is 15.4 Å². The van der Waals surface area contributed by atoms with Gasteiger partial charge in [-0.2, -0.15) is 5.10 Å². The van der Waals surface area contributed by atoms with Gasteiger partial charge in [0.2, 0.25) is 0 Å². The quantitative estimate of drug-likeness (QED) is 0.398. The largest absolute Gasteiger partial charge is 0.298 e. The highest BCUT2D eigenvalue weighted by atomic mass is 32.1. The van der Waals surface area contributed by atoms with Gasteiger partial charge < -0.3 is 0 Å². The van der Waals surface area contributed by atoms with E-state index in [-0.39, 0.29) is 11.6 Å². The van der Waals surface area contributed by atoms with Gasteiger partial charge in [-0.3, -0.25) is 10.1 Å². The molecule has 5 nitrogen and oxygen atoms in total. The number of halogens is 2. The van der Waals surface area contributed by atoms with Crippen molar-refractivity contribution in [3.8, 4) is 16.9 Å². The van der Waals surface area contributed by atoms with Crippen LogP contribution < -0.4 is 5.32 Å². The molecule has 0 aliphatic rings. The topological polar surface area (TPSA) is 59.8 Å². The molecule has 0 radical (unpaired) electrons. The lowest BCUT2D eigenvalue weighted by Crippen LogP contribution is -2.12. The number of rotatable bonds is 4. The number of hydrogen-bond donors (Lipinski definition) is 1. The zero-order valence-corrected chi connectivity index (χ0v) is 16.7. The van der Waals surface area contributed by atoms with Gasteiger partial charge in [0.25, 0.3) is 5.91 Å². The van der Waals surface area contributed by atoms with Crippen LogP contribution in [-0.2, 0) is 0 Å². The Hall–Kier alpha value is -3.91. The first kappa shape index (κ1) is 19.1. The van der Waals surface area contributed by atoms with Crippen molar-refractivity contribution in [3.63, 3.8) is 0 Å². The van der Waals surface area contributed by atoms with Crippen LogP contribution in [0.4, 0.5) is 13.9 Å². The molecule has 31 heavy (non-hydrogen) atoms. The molecule has 0 atom stereocenters. The molecule has 2 aromatic heterocycles. The molecule has 0 saturated carbocycles. The van der Waals surface area contributed by atoms with E-state index in [1.165, 1.54) is 35.6 Å². The lowest BCUT2D eigenvalue weighted by atomic mass is 10.1. The molecular formula is C23H14F2N4OS. The summed E-state index contributed by atoms with van der Waals surface area (Å²) in [6.07, 6.45) is 1.62. The molecule has 0 saturated heterocycles. The van der Waals surface area contributed by atoms with Crippen molar-refractivity contribution in [2.45, 2.75) is 0 Å². The van der Waals surface area contributed by atoms with Crippen molar-refractivity contribution in [1.82, 2.24) is 14.8 Å². The van der Waals surface area contributed by atoms with Crippen molar-refractivity contribution >= 4 is 32.6 Å². The summed E-state index contributed by atoms with van der Waals surface area (Å²) in [6.45, 7) is 0. The second-order valence-electron chi connectivity index (χ2n) is 6.76. The molecule has 1 amide bonds. The van der Waals surface area contributed by atoms with E-state index in [4.69, 9.17) is 0 Å². The smallest absolute Gasteiger partial charge is 0.261 e. The number of carbonyl (C=O) groups is 1. The first-order valence-electron chi connectivity index (χ1n) is 9.35. The van der Waals surface area contributed by atoms with Crippen LogP contribution in [0.3, 0.4) is 0 Å². The molecule has 1 N–H and O–H groups in total. The highest BCUT2D eigenvalue weighted by Gasteiger charge is 2.20. The Labute approximate surface area is 179 Å². The normalized spacial score (nSPS) is 11.0. The summed E-state index contributed by atoms with van der Waals surface area (Å²) < 4.78 is 29.1. The Balaban J connectivity index is 1.54. The van der Waals surface area contributed by atoms with E-state index < -0.39 is 5.91 Å². The fourth-order valence-electron chi connectivity index (χ4n) is 3.19. The average molecular weight is 432 g/mol. The Morgan fingerprint density at radius 3 is 2.45 bits per heavy atom. The van der Waals surface area contributed by atoms with Gasteiger partial charge in [-0.15, -0.1) is 0 Å². The zero-order chi connectivity index (χ0) is 21.4. The summed E-state index contributed by atoms with van der Waals surface area (Å²) in [7, 11) is 0. The molecule has 0 aliphatic heterocycles. The molecule has 3 aromatic carbocycles. The van der Waals surface area contributed by atoms with Crippen LogP contribution in [0.15, 0.2) is 79.0 Å². The Morgan fingerprint density at radius 1 is 0.935 bits per heavy atom. The summed E-state index contributed by atoms with van der Waals surface area (Å²) in [5.74, 6) is -1.16. The van der Waals surface area contributed by atoms with Crippen LogP contribution >= 0.6 is 11.3 Å². The number of para-hydroxylation sites is 1. The van der Waals surface area contributed by atoms with Crippen LogP contribution in [0.2, 0.25) is 0 Å². The molecular weight excluding hydrogens is 418 g/mol. The summed E-state index contributed by atoms with van der Waals surface area (Å²) in [5, 5.41) is 7.69. The average Bonchev–Trinajstić information content (AvgIpc) is 3.39. The standard InChI is InChI=1S/C23H14F2N4OS/c24-15-8-6-14(7-9-15)21-18(13-29(28-21)17-4-2-1-3-5-17)22(30)27-23-26-19-11-10-16(25)12-20(19)31-23/h1-13H,(H,26,27,30). The van der Waals surface area contributed by atoms with Gasteiger partial charge in [0.1, 0.15) is 17.3 Å². The van der Waals surface area contributed by atoms with Crippen molar-refractivity contribution in [1.29, 1.82) is 0 Å². The summed E-state index contributed by atoms with van der Waals surface area (Å²) in [6, 6.07) is 19.4. The lowest BCUT2D eigenvalue weighted by Gasteiger charge is -2.02. The third kappa shape index (κ3) is 3.80. The summed E-state index contributed by atoms with van der Waals surface area (Å²) >= 11 is 1.18. The summed E-state index contributed by atoms with van der Waals surface area (Å²) in [4.78, 5) is 17.5. The number of hydrogen-bond acceptors (Lipinski definition) is 4. The predicted molar refractivity (Wildman–Crippen MR) is 116 cm³/mol. The highest BCUT2D eigenvalue weighted by Crippen LogP contribution is 2.29. The van der Waals surface area contributed by atoms with Gasteiger partial charge >= 0.3 is 0 Å². The number of benzene rings is 3. The van der Waals surface area contributed by atoms with Gasteiger partial charge in [-0.1, -0.05) is 29.5 Å². The van der Waals surface area contributed by atoms with Crippen LogP contribution in [0.1, 0.15) is 10.4 Å². The fraction of sp³-hybridized carbons (Fsp3) is 0. The van der Waals surface area contributed by atoms with Gasteiger partial charge in [-0.05, 0) is 54.6 Å². The number of thiazole rings is 1. The second-order valence-corrected chi connectivity index (χ2v) is 7.79. The van der Waals surface area contributed by atoms with Crippen LogP contribution in [-0.4, -0.2) is 20.7 Å². The predicted octanol–water partition coefficient (Wildman–Crippen LogP) is 5.68. The van der Waals surface area contributed by atoms with E-state index >= 15 is 0 Å². The Morgan fingerprint density at radius 2 is 1.68 bits per heavy atom. The molecule has 0 bridgehead atoms. The first-order valence-corrected chi connectivity index (χ1v) is 10.2. The third-order valence-electron chi connectivity index (χ3n) is 4.67. The van der Waals surface area contributed by atoms with Crippen LogP contribution in [0.5, 0.6) is 0 Å². The number of carbonyl (C=O) groups excluding carboxylic acids is 1. The van der Waals surface area contributed by atoms with Crippen molar-refractivity contribution in [2.75, 3.05) is 5.32 Å². The van der Waals surface area contributed by atoms with Gasteiger partial charge in [0.15, 0.2) is 5.13 Å². The molecule has 8 heteroatoms. The van der Waals surface area contributed by atoms with E-state index in [9.17, 15) is 13.6 Å². The molecule has 152 valence electrons. The minimum Gasteiger partial charge on any atom is -0.298 e. The fourth-order valence-corrected chi connectivity index (χ4v) is 4.08. The molecule has 5 rings (SSSR count). The van der Waals surface area contributed by atoms with Gasteiger partial charge in [-0.25, -0.2) is 18.4 Å². The van der Waals surface area contributed by atoms with Gasteiger partial charge in [0.05, 0.1) is 21.5 Å². The number of nitrogens with zero attached hydrogens (tertiary/aromatic N) is 3. The van der Waals surface area contributed by atoms with Crippen LogP contribution in [0.25, 0.3) is 27.2 Å². The van der Waals surface area contributed by atoms with Crippen molar-refractivity contribution in [2.24, 2.45) is 0 Å². The second kappa shape index (κ2) is 7.73. The first-order chi connectivity index (χ1) is 15.1. The maximum absolute atomic E-state index is 13.5. The molecule has 0 fully saturated rings. The number of anilines is 1. The van der Waals surface area contributed by atoms with E-state index in [1.54, 1.807) is 29.1 Å². The maximum Gasteiger partial charge on any atom is 0.261 e. The van der Waals surface area contributed by atoms with E-state index in [0.717, 1.165) is 5.69 Å². The van der Waals surface area contributed by atoms with Gasteiger partial charge in [0, 0.05) is 11.8 Å². The Kier molecular flexibility index (Phi) is 4.76. The number of amides is 1. The molecule has 0 unspecified atom stereocenters. The molecule has 0 spiro atoms. The summed E-state index contributed by atoms with van der Waals surface area (Å²) in [5.41, 5.74) is 2.70. The van der Waals surface area contributed by atoms with E-state index in [0.29, 0.717) is 32.2 Å². The Bertz CT molecular complexity index is 1390.